The zero-order valence-electron chi connectivity index (χ0n) is 14.4. The normalized spacial score (nSPS) is 10.7. The van der Waals surface area contributed by atoms with E-state index in [1.165, 1.54) is 5.56 Å². The zero-order chi connectivity index (χ0) is 18.1. The van der Waals surface area contributed by atoms with Crippen LogP contribution < -0.4 is 4.74 Å². The van der Waals surface area contributed by atoms with Crippen LogP contribution in [-0.4, -0.2) is 22.1 Å². The lowest BCUT2D eigenvalue weighted by Crippen LogP contribution is -1.97. The molecule has 4 rings (SSSR count). The van der Waals surface area contributed by atoms with Crippen LogP contribution in [0.2, 0.25) is 0 Å². The fraction of sp³-hybridized carbons (Fsp3) is 0.0952. The lowest BCUT2D eigenvalue weighted by Gasteiger charge is -2.11. The van der Waals surface area contributed by atoms with Crippen LogP contribution in [0, 0.1) is 18.3 Å². The summed E-state index contributed by atoms with van der Waals surface area (Å²) in [7, 11) is 1.62. The average molecular weight is 340 g/mol. The SMILES string of the molecule is COc1c(-c2ccc(C)cc2)ncnc1-c1cc2cc(C#N)ccc2[nH]1. The van der Waals surface area contributed by atoms with Gasteiger partial charge in [-0.25, -0.2) is 9.97 Å². The monoisotopic (exact) mass is 340 g/mol. The third-order valence-corrected chi connectivity index (χ3v) is 4.34. The van der Waals surface area contributed by atoms with Crippen LogP contribution in [-0.2, 0) is 0 Å². The van der Waals surface area contributed by atoms with Gasteiger partial charge in [0.2, 0.25) is 0 Å². The number of hydrogen-bond acceptors (Lipinski definition) is 4. The van der Waals surface area contributed by atoms with Crippen molar-refractivity contribution in [3.8, 4) is 34.5 Å². The second kappa shape index (κ2) is 6.34. The van der Waals surface area contributed by atoms with Gasteiger partial charge in [-0.05, 0) is 31.2 Å². The van der Waals surface area contributed by atoms with Gasteiger partial charge >= 0.3 is 0 Å². The topological polar surface area (TPSA) is 74.6 Å². The van der Waals surface area contributed by atoms with Gasteiger partial charge in [-0.15, -0.1) is 0 Å². The molecular weight excluding hydrogens is 324 g/mol. The first kappa shape index (κ1) is 15.9. The Bertz CT molecular complexity index is 1140. The van der Waals surface area contributed by atoms with Crippen molar-refractivity contribution in [2.45, 2.75) is 6.92 Å². The van der Waals surface area contributed by atoms with Crippen LogP contribution >= 0.6 is 0 Å². The van der Waals surface area contributed by atoms with E-state index < -0.39 is 0 Å². The van der Waals surface area contributed by atoms with Crippen LogP contribution in [0.4, 0.5) is 0 Å². The number of nitriles is 1. The van der Waals surface area contributed by atoms with Crippen LogP contribution in [0.5, 0.6) is 5.75 Å². The average Bonchev–Trinajstić information content (AvgIpc) is 3.11. The number of aryl methyl sites for hydroxylation is 1. The molecule has 0 saturated carbocycles. The summed E-state index contributed by atoms with van der Waals surface area (Å²) in [4.78, 5) is 12.2. The largest absolute Gasteiger partial charge is 0.492 e. The van der Waals surface area contributed by atoms with Gasteiger partial charge in [-0.2, -0.15) is 5.26 Å². The van der Waals surface area contributed by atoms with Gasteiger partial charge in [0.05, 0.1) is 24.4 Å². The van der Waals surface area contributed by atoms with Crippen LogP contribution in [0.1, 0.15) is 11.1 Å². The number of H-pyrrole nitrogens is 1. The fourth-order valence-electron chi connectivity index (χ4n) is 3.01. The van der Waals surface area contributed by atoms with Crippen molar-refractivity contribution < 1.29 is 4.74 Å². The van der Waals surface area contributed by atoms with Gasteiger partial charge in [-0.1, -0.05) is 29.8 Å². The molecule has 0 saturated heterocycles. The van der Waals surface area contributed by atoms with Crippen molar-refractivity contribution >= 4 is 10.9 Å². The van der Waals surface area contributed by atoms with Gasteiger partial charge in [0.15, 0.2) is 5.75 Å². The highest BCUT2D eigenvalue weighted by molar-refractivity contribution is 5.88. The van der Waals surface area contributed by atoms with E-state index in [4.69, 9.17) is 10.00 Å². The fourth-order valence-corrected chi connectivity index (χ4v) is 3.01. The molecule has 0 aliphatic heterocycles. The quantitative estimate of drug-likeness (QED) is 0.596. The number of rotatable bonds is 3. The molecule has 1 N–H and O–H groups in total. The number of nitrogens with zero attached hydrogens (tertiary/aromatic N) is 3. The maximum Gasteiger partial charge on any atom is 0.172 e. The molecule has 0 unspecified atom stereocenters. The minimum absolute atomic E-state index is 0.614. The second-order valence-electron chi connectivity index (χ2n) is 6.07. The van der Waals surface area contributed by atoms with Crippen molar-refractivity contribution in [3.05, 3.63) is 66.0 Å². The van der Waals surface area contributed by atoms with Gasteiger partial charge < -0.3 is 9.72 Å². The molecule has 126 valence electrons. The van der Waals surface area contributed by atoms with Crippen molar-refractivity contribution in [1.29, 1.82) is 5.26 Å². The maximum absolute atomic E-state index is 9.08. The molecule has 26 heavy (non-hydrogen) atoms. The first-order chi connectivity index (χ1) is 12.7. The summed E-state index contributed by atoms with van der Waals surface area (Å²) in [6.45, 7) is 2.05. The summed E-state index contributed by atoms with van der Waals surface area (Å²) in [6, 6.07) is 17.8. The molecule has 0 radical (unpaired) electrons. The number of fused-ring (bicyclic) bond motifs is 1. The second-order valence-corrected chi connectivity index (χ2v) is 6.07. The number of methoxy groups -OCH3 is 1. The molecule has 0 amide bonds. The van der Waals surface area contributed by atoms with Crippen molar-refractivity contribution in [2.24, 2.45) is 0 Å². The van der Waals surface area contributed by atoms with Crippen molar-refractivity contribution in [3.63, 3.8) is 0 Å². The molecule has 2 heterocycles. The number of aromatic nitrogens is 3. The first-order valence-corrected chi connectivity index (χ1v) is 8.19. The molecule has 0 fully saturated rings. The minimum atomic E-state index is 0.614. The standard InChI is InChI=1S/C21H16N4O/c1-13-3-6-15(7-4-13)19-21(26-2)20(24-12-23-19)18-10-16-9-14(11-22)5-8-17(16)25-18/h3-10,12,25H,1-2H3. The third-order valence-electron chi connectivity index (χ3n) is 4.34. The molecule has 5 nitrogen and oxygen atoms in total. The Kier molecular flexibility index (Phi) is 3.86. The Morgan fingerprint density at radius 1 is 1.00 bits per heavy atom. The van der Waals surface area contributed by atoms with E-state index in [2.05, 4.69) is 21.0 Å². The van der Waals surface area contributed by atoms with E-state index in [-0.39, 0.29) is 0 Å². The van der Waals surface area contributed by atoms with Crippen molar-refractivity contribution in [1.82, 2.24) is 15.0 Å². The summed E-state index contributed by atoms with van der Waals surface area (Å²) in [5, 5.41) is 10.0. The number of ether oxygens (including phenoxy) is 1. The lowest BCUT2D eigenvalue weighted by atomic mass is 10.1. The van der Waals surface area contributed by atoms with E-state index >= 15 is 0 Å². The minimum Gasteiger partial charge on any atom is -0.492 e. The van der Waals surface area contributed by atoms with Gasteiger partial charge in [0.1, 0.15) is 17.7 Å². The smallest absolute Gasteiger partial charge is 0.172 e. The van der Waals surface area contributed by atoms with Crippen LogP contribution in [0.15, 0.2) is 54.9 Å². The molecule has 2 aromatic heterocycles. The summed E-state index contributed by atoms with van der Waals surface area (Å²) in [6.07, 6.45) is 1.54. The predicted octanol–water partition coefficient (Wildman–Crippen LogP) is 4.48. The summed E-state index contributed by atoms with van der Waals surface area (Å²) >= 11 is 0. The van der Waals surface area contributed by atoms with E-state index in [0.717, 1.165) is 27.9 Å². The Labute approximate surface area is 150 Å². The van der Waals surface area contributed by atoms with Gasteiger partial charge in [0.25, 0.3) is 0 Å². The lowest BCUT2D eigenvalue weighted by molar-refractivity contribution is 0.414. The summed E-state index contributed by atoms with van der Waals surface area (Å²) < 4.78 is 5.66. The molecule has 4 aromatic rings. The molecule has 0 spiro atoms. The highest BCUT2D eigenvalue weighted by Gasteiger charge is 2.17. The summed E-state index contributed by atoms with van der Waals surface area (Å²) in [5.74, 6) is 0.614. The number of nitrogens with one attached hydrogen (secondary N) is 1. The van der Waals surface area contributed by atoms with E-state index in [1.54, 1.807) is 19.5 Å². The Balaban J connectivity index is 1.88. The maximum atomic E-state index is 9.08. The number of hydrogen-bond donors (Lipinski definition) is 1. The Morgan fingerprint density at radius 2 is 1.77 bits per heavy atom. The molecule has 0 aliphatic rings. The highest BCUT2D eigenvalue weighted by atomic mass is 16.5. The molecule has 0 atom stereocenters. The van der Waals surface area contributed by atoms with Gasteiger partial charge in [0, 0.05) is 16.5 Å². The van der Waals surface area contributed by atoms with E-state index in [1.807, 2.05) is 49.4 Å². The highest BCUT2D eigenvalue weighted by Crippen LogP contribution is 2.36. The predicted molar refractivity (Wildman–Crippen MR) is 101 cm³/mol. The summed E-state index contributed by atoms with van der Waals surface area (Å²) in [5.41, 5.74) is 5.98. The van der Waals surface area contributed by atoms with Crippen molar-refractivity contribution in [2.75, 3.05) is 7.11 Å². The van der Waals surface area contributed by atoms with Crippen LogP contribution in [0.25, 0.3) is 33.5 Å². The molecule has 2 aromatic carbocycles. The number of benzene rings is 2. The third kappa shape index (κ3) is 2.68. The van der Waals surface area contributed by atoms with E-state index in [9.17, 15) is 0 Å². The Hall–Kier alpha value is -3.65. The molecule has 0 aliphatic carbocycles. The zero-order valence-corrected chi connectivity index (χ0v) is 14.4. The van der Waals surface area contributed by atoms with Gasteiger partial charge in [-0.3, -0.25) is 0 Å². The van der Waals surface area contributed by atoms with Crippen LogP contribution in [0.3, 0.4) is 0 Å². The Morgan fingerprint density at radius 3 is 2.50 bits per heavy atom. The first-order valence-electron chi connectivity index (χ1n) is 8.19. The number of aromatic amines is 1. The van der Waals surface area contributed by atoms with E-state index in [0.29, 0.717) is 17.0 Å². The molecular formula is C21H16N4O. The molecule has 0 bridgehead atoms. The molecule has 5 heteroatoms.